The van der Waals surface area contributed by atoms with Crippen molar-refractivity contribution in [2.45, 2.75) is 321 Å². The van der Waals surface area contributed by atoms with Gasteiger partial charge in [0.1, 0.15) is 0 Å². The molecule has 0 aromatic rings. The molecule has 0 aromatic heterocycles. The first kappa shape index (κ1) is 58.9. The molecule has 0 aliphatic carbocycles. The number of esters is 1. The standard InChI is InChI=1S/C54H107NO5/c1-3-5-7-9-11-13-15-23-28-32-36-40-44-48-54(59)60-49-45-41-37-33-29-25-22-20-18-17-19-21-24-27-31-35-39-43-47-53(58)55-51(50-56)52(57)46-42-38-34-30-26-16-14-12-10-8-6-4-2/h51-52,56-57H,3-50H2,1-2H3,(H,55,58). The topological polar surface area (TPSA) is 95.9 Å². The number of ether oxygens (including phenoxy) is 1. The summed E-state index contributed by atoms with van der Waals surface area (Å²) in [5, 5.41) is 23.2. The molecule has 0 fully saturated rings. The molecular weight excluding hydrogens is 743 g/mol. The van der Waals surface area contributed by atoms with Crippen LogP contribution < -0.4 is 5.32 Å². The number of hydrogen-bond acceptors (Lipinski definition) is 5. The summed E-state index contributed by atoms with van der Waals surface area (Å²) < 4.78 is 5.47. The predicted octanol–water partition coefficient (Wildman–Crippen LogP) is 16.4. The molecule has 0 bridgehead atoms. The molecule has 0 aliphatic rings. The third kappa shape index (κ3) is 46.4. The third-order valence-corrected chi connectivity index (χ3v) is 12.9. The number of nitrogens with one attached hydrogen (secondary N) is 1. The Morgan fingerprint density at radius 1 is 0.400 bits per heavy atom. The van der Waals surface area contributed by atoms with E-state index in [1.807, 2.05) is 0 Å². The summed E-state index contributed by atoms with van der Waals surface area (Å²) >= 11 is 0. The molecule has 3 N–H and O–H groups in total. The minimum Gasteiger partial charge on any atom is -0.466 e. The van der Waals surface area contributed by atoms with Gasteiger partial charge < -0.3 is 20.3 Å². The van der Waals surface area contributed by atoms with Crippen molar-refractivity contribution < 1.29 is 24.5 Å². The van der Waals surface area contributed by atoms with Crippen LogP contribution in [0.5, 0.6) is 0 Å². The Morgan fingerprint density at radius 2 is 0.683 bits per heavy atom. The maximum absolute atomic E-state index is 12.4. The molecule has 0 spiro atoms. The second-order valence-electron chi connectivity index (χ2n) is 18.9. The number of aliphatic hydroxyl groups is 2. The van der Waals surface area contributed by atoms with Crippen molar-refractivity contribution >= 4 is 11.9 Å². The van der Waals surface area contributed by atoms with Gasteiger partial charge in [0.05, 0.1) is 25.4 Å². The van der Waals surface area contributed by atoms with E-state index in [-0.39, 0.29) is 18.5 Å². The molecule has 0 heterocycles. The van der Waals surface area contributed by atoms with Gasteiger partial charge in [0.15, 0.2) is 0 Å². The number of carbonyl (C=O) groups is 2. The summed E-state index contributed by atoms with van der Waals surface area (Å²) in [6.07, 6.45) is 56.5. The maximum Gasteiger partial charge on any atom is 0.305 e. The number of hydrogen-bond donors (Lipinski definition) is 3. The third-order valence-electron chi connectivity index (χ3n) is 12.9. The quantitative estimate of drug-likeness (QED) is 0.0418. The lowest BCUT2D eigenvalue weighted by atomic mass is 10.0. The minimum atomic E-state index is -0.664. The van der Waals surface area contributed by atoms with Crippen molar-refractivity contribution in [2.75, 3.05) is 13.2 Å². The van der Waals surface area contributed by atoms with E-state index >= 15 is 0 Å². The fourth-order valence-corrected chi connectivity index (χ4v) is 8.70. The molecule has 2 unspecified atom stereocenters. The van der Waals surface area contributed by atoms with Crippen LogP contribution in [0.4, 0.5) is 0 Å². The average Bonchev–Trinajstić information content (AvgIpc) is 3.25. The Labute approximate surface area is 375 Å². The zero-order valence-corrected chi connectivity index (χ0v) is 40.7. The van der Waals surface area contributed by atoms with Gasteiger partial charge in [-0.2, -0.15) is 0 Å². The van der Waals surface area contributed by atoms with Crippen LogP contribution in [0.1, 0.15) is 309 Å². The lowest BCUT2D eigenvalue weighted by Crippen LogP contribution is -2.45. The number of aliphatic hydroxyl groups excluding tert-OH is 2. The van der Waals surface area contributed by atoms with E-state index in [1.165, 1.54) is 238 Å². The highest BCUT2D eigenvalue weighted by Crippen LogP contribution is 2.17. The smallest absolute Gasteiger partial charge is 0.305 e. The highest BCUT2D eigenvalue weighted by molar-refractivity contribution is 5.76. The van der Waals surface area contributed by atoms with Gasteiger partial charge in [-0.3, -0.25) is 9.59 Å². The molecule has 0 saturated carbocycles. The second-order valence-corrected chi connectivity index (χ2v) is 18.9. The van der Waals surface area contributed by atoms with E-state index in [9.17, 15) is 19.8 Å². The summed E-state index contributed by atoms with van der Waals surface area (Å²) in [4.78, 5) is 24.4. The Kier molecular flexibility index (Phi) is 49.5. The van der Waals surface area contributed by atoms with Crippen LogP contribution in [-0.4, -0.2) is 47.4 Å². The van der Waals surface area contributed by atoms with Crippen LogP contribution in [-0.2, 0) is 14.3 Å². The highest BCUT2D eigenvalue weighted by Gasteiger charge is 2.20. The summed E-state index contributed by atoms with van der Waals surface area (Å²) in [6, 6.07) is -0.542. The number of carbonyl (C=O) groups excluding carboxylic acids is 2. The Balaban J connectivity index is 3.38. The summed E-state index contributed by atoms with van der Waals surface area (Å²) in [7, 11) is 0. The SMILES string of the molecule is CCCCCCCCCCCCCCCC(=O)OCCCCCCCCCCCCCCCCCCCCC(=O)NC(CO)C(O)CCCCCCCCCCCCCC. The van der Waals surface area contributed by atoms with E-state index in [0.717, 1.165) is 38.5 Å². The molecule has 6 heteroatoms. The van der Waals surface area contributed by atoms with Crippen LogP contribution in [0.25, 0.3) is 0 Å². The molecule has 0 saturated heterocycles. The van der Waals surface area contributed by atoms with Gasteiger partial charge in [-0.1, -0.05) is 271 Å². The molecule has 0 aromatic carbocycles. The van der Waals surface area contributed by atoms with Crippen LogP contribution in [0.2, 0.25) is 0 Å². The minimum absolute atomic E-state index is 0.00939. The van der Waals surface area contributed by atoms with Crippen molar-refractivity contribution in [3.8, 4) is 0 Å². The first-order valence-corrected chi connectivity index (χ1v) is 27.3. The van der Waals surface area contributed by atoms with Gasteiger partial charge in [-0.15, -0.1) is 0 Å². The molecule has 0 radical (unpaired) electrons. The molecule has 0 rings (SSSR count). The highest BCUT2D eigenvalue weighted by atomic mass is 16.5. The monoisotopic (exact) mass is 850 g/mol. The fraction of sp³-hybridized carbons (Fsp3) is 0.963. The fourth-order valence-electron chi connectivity index (χ4n) is 8.70. The van der Waals surface area contributed by atoms with Crippen molar-refractivity contribution in [2.24, 2.45) is 0 Å². The van der Waals surface area contributed by atoms with Crippen LogP contribution in [0, 0.1) is 0 Å². The van der Waals surface area contributed by atoms with Crippen molar-refractivity contribution in [1.29, 1.82) is 0 Å². The van der Waals surface area contributed by atoms with Crippen molar-refractivity contribution in [3.05, 3.63) is 0 Å². The normalized spacial score (nSPS) is 12.5. The average molecular weight is 850 g/mol. The first-order valence-electron chi connectivity index (χ1n) is 27.3. The van der Waals surface area contributed by atoms with Gasteiger partial charge in [0.2, 0.25) is 5.91 Å². The zero-order valence-electron chi connectivity index (χ0n) is 40.7. The van der Waals surface area contributed by atoms with Gasteiger partial charge in [-0.05, 0) is 25.7 Å². The molecule has 60 heavy (non-hydrogen) atoms. The second kappa shape index (κ2) is 50.5. The van der Waals surface area contributed by atoms with Crippen LogP contribution >= 0.6 is 0 Å². The summed E-state index contributed by atoms with van der Waals surface area (Å²) in [6.45, 7) is 4.95. The van der Waals surface area contributed by atoms with Crippen LogP contribution in [0.3, 0.4) is 0 Å². The van der Waals surface area contributed by atoms with E-state index in [1.54, 1.807) is 0 Å². The molecular formula is C54H107NO5. The Morgan fingerprint density at radius 3 is 1.02 bits per heavy atom. The Hall–Kier alpha value is -1.14. The summed E-state index contributed by atoms with van der Waals surface area (Å²) in [5.74, 6) is -0.0285. The summed E-state index contributed by atoms with van der Waals surface area (Å²) in [5.41, 5.74) is 0. The first-order chi connectivity index (χ1) is 29.5. The largest absolute Gasteiger partial charge is 0.466 e. The number of rotatable bonds is 51. The van der Waals surface area contributed by atoms with E-state index in [2.05, 4.69) is 19.2 Å². The lowest BCUT2D eigenvalue weighted by Gasteiger charge is -2.22. The molecule has 1 amide bonds. The van der Waals surface area contributed by atoms with Crippen LogP contribution in [0.15, 0.2) is 0 Å². The van der Waals surface area contributed by atoms with Gasteiger partial charge in [-0.25, -0.2) is 0 Å². The van der Waals surface area contributed by atoms with Gasteiger partial charge >= 0.3 is 5.97 Å². The van der Waals surface area contributed by atoms with Crippen molar-refractivity contribution in [1.82, 2.24) is 5.32 Å². The van der Waals surface area contributed by atoms with E-state index in [0.29, 0.717) is 25.9 Å². The number of amides is 1. The van der Waals surface area contributed by atoms with Crippen molar-refractivity contribution in [3.63, 3.8) is 0 Å². The Bertz CT molecular complexity index is 852. The molecule has 358 valence electrons. The van der Waals surface area contributed by atoms with E-state index in [4.69, 9.17) is 4.74 Å². The molecule has 0 aliphatic heterocycles. The van der Waals surface area contributed by atoms with Gasteiger partial charge in [0, 0.05) is 12.8 Å². The molecule has 2 atom stereocenters. The maximum atomic E-state index is 12.4. The number of unbranched alkanes of at least 4 members (excludes halogenated alkanes) is 40. The van der Waals surface area contributed by atoms with E-state index < -0.39 is 12.1 Å². The lowest BCUT2D eigenvalue weighted by molar-refractivity contribution is -0.143. The predicted molar refractivity (Wildman–Crippen MR) is 260 cm³/mol. The molecule has 6 nitrogen and oxygen atoms in total. The zero-order chi connectivity index (χ0) is 43.7. The van der Waals surface area contributed by atoms with Gasteiger partial charge in [0.25, 0.3) is 0 Å².